The summed E-state index contributed by atoms with van der Waals surface area (Å²) in [6.45, 7) is 0. The zero-order valence-electron chi connectivity index (χ0n) is 6.08. The minimum atomic E-state index is -1.16. The number of hydrogen-bond donors (Lipinski definition) is 2. The number of carbonyl (C=O) groups is 1. The van der Waals surface area contributed by atoms with Gasteiger partial charge in [-0.2, -0.15) is 0 Å². The highest BCUT2D eigenvalue weighted by Crippen LogP contribution is 2.33. The van der Waals surface area contributed by atoms with Gasteiger partial charge in [0.2, 0.25) is 0 Å². The van der Waals surface area contributed by atoms with E-state index in [4.69, 9.17) is 11.5 Å². The summed E-state index contributed by atoms with van der Waals surface area (Å²) in [7, 11) is 0. The number of terminal acetylenes is 1. The van der Waals surface area contributed by atoms with Crippen LogP contribution < -0.4 is 0 Å². The molecular formula is C8H10O3. The van der Waals surface area contributed by atoms with Crippen LogP contribution in [-0.4, -0.2) is 21.8 Å². The van der Waals surface area contributed by atoms with Crippen molar-refractivity contribution in [2.45, 2.75) is 24.9 Å². The predicted octanol–water partition coefficient (Wildman–Crippen LogP) is 0.235. The molecule has 0 spiro atoms. The van der Waals surface area contributed by atoms with E-state index in [-0.39, 0.29) is 6.42 Å². The molecule has 0 aromatic carbocycles. The first-order valence-corrected chi connectivity index (χ1v) is 3.50. The fourth-order valence-electron chi connectivity index (χ4n) is 1.37. The summed E-state index contributed by atoms with van der Waals surface area (Å²) in [5.41, 5.74) is -1.16. The van der Waals surface area contributed by atoms with Crippen LogP contribution in [0, 0.1) is 18.3 Å². The van der Waals surface area contributed by atoms with Gasteiger partial charge >= 0.3 is 5.97 Å². The first kappa shape index (κ1) is 8.09. The average Bonchev–Trinajstić information content (AvgIpc) is 2.33. The van der Waals surface area contributed by atoms with Gasteiger partial charge in [-0.25, -0.2) is 0 Å². The Hall–Kier alpha value is -1.01. The zero-order valence-corrected chi connectivity index (χ0v) is 6.08. The quantitative estimate of drug-likeness (QED) is 0.532. The van der Waals surface area contributed by atoms with Crippen molar-refractivity contribution in [1.82, 2.24) is 0 Å². The maximum atomic E-state index is 10.4. The molecule has 2 unspecified atom stereocenters. The molecule has 1 aliphatic carbocycles. The number of rotatable bonds is 1. The summed E-state index contributed by atoms with van der Waals surface area (Å²) < 4.78 is 0. The van der Waals surface area contributed by atoms with Gasteiger partial charge in [0.05, 0.1) is 5.92 Å². The Balaban J connectivity index is 2.62. The monoisotopic (exact) mass is 154 g/mol. The molecular weight excluding hydrogens is 144 g/mol. The van der Waals surface area contributed by atoms with Crippen molar-refractivity contribution in [1.29, 1.82) is 0 Å². The van der Waals surface area contributed by atoms with Crippen LogP contribution in [0.1, 0.15) is 19.3 Å². The van der Waals surface area contributed by atoms with Gasteiger partial charge < -0.3 is 10.2 Å². The molecule has 0 aromatic rings. The van der Waals surface area contributed by atoms with Crippen molar-refractivity contribution in [3.63, 3.8) is 0 Å². The molecule has 0 bridgehead atoms. The van der Waals surface area contributed by atoms with Crippen molar-refractivity contribution in [2.24, 2.45) is 5.92 Å². The van der Waals surface area contributed by atoms with E-state index in [1.54, 1.807) is 0 Å². The molecule has 2 atom stereocenters. The fourth-order valence-corrected chi connectivity index (χ4v) is 1.37. The molecule has 1 saturated carbocycles. The highest BCUT2D eigenvalue weighted by atomic mass is 16.4. The Morgan fingerprint density at radius 2 is 2.36 bits per heavy atom. The van der Waals surface area contributed by atoms with Gasteiger partial charge in [-0.3, -0.25) is 4.79 Å². The third-order valence-corrected chi connectivity index (χ3v) is 2.11. The predicted molar refractivity (Wildman–Crippen MR) is 38.8 cm³/mol. The van der Waals surface area contributed by atoms with Gasteiger partial charge in [-0.05, 0) is 12.8 Å². The van der Waals surface area contributed by atoms with Gasteiger partial charge in [-0.15, -0.1) is 6.42 Å². The van der Waals surface area contributed by atoms with E-state index in [2.05, 4.69) is 5.92 Å². The number of hydrogen-bond acceptors (Lipinski definition) is 2. The molecule has 3 heteroatoms. The first-order valence-electron chi connectivity index (χ1n) is 3.50. The Kier molecular flexibility index (Phi) is 1.88. The summed E-state index contributed by atoms with van der Waals surface area (Å²) in [6.07, 6.45) is 6.12. The highest BCUT2D eigenvalue weighted by molar-refractivity contribution is 5.70. The second-order valence-corrected chi connectivity index (χ2v) is 2.95. The first-order chi connectivity index (χ1) is 5.07. The van der Waals surface area contributed by atoms with Crippen LogP contribution in [0.2, 0.25) is 0 Å². The summed E-state index contributed by atoms with van der Waals surface area (Å²) in [5.74, 6) is 0.891. The Morgan fingerprint density at radius 1 is 1.73 bits per heavy atom. The molecule has 0 aromatic heterocycles. The van der Waals surface area contributed by atoms with E-state index in [0.717, 1.165) is 0 Å². The number of carboxylic acid groups (broad SMARTS) is 1. The largest absolute Gasteiger partial charge is 0.481 e. The summed E-state index contributed by atoms with van der Waals surface area (Å²) in [6, 6.07) is 0. The standard InChI is InChI=1S/C8H10O3/c1-2-8(11)4-3-6(5-8)7(9)10/h1,6,11H,3-5H2,(H,9,10). The van der Waals surface area contributed by atoms with E-state index in [0.29, 0.717) is 12.8 Å². The Morgan fingerprint density at radius 3 is 2.64 bits per heavy atom. The van der Waals surface area contributed by atoms with Crippen LogP contribution in [0.15, 0.2) is 0 Å². The molecule has 0 heterocycles. The number of carboxylic acids is 1. The minimum absolute atomic E-state index is 0.193. The Bertz CT molecular complexity index is 216. The van der Waals surface area contributed by atoms with E-state index >= 15 is 0 Å². The summed E-state index contributed by atoms with van der Waals surface area (Å²) >= 11 is 0. The SMILES string of the molecule is C#CC1(O)CCC(C(=O)O)C1. The summed E-state index contributed by atoms with van der Waals surface area (Å²) in [5, 5.41) is 18.0. The Labute approximate surface area is 65.0 Å². The van der Waals surface area contributed by atoms with Gasteiger partial charge in [-0.1, -0.05) is 5.92 Å². The molecule has 1 rings (SSSR count). The maximum absolute atomic E-state index is 10.4. The van der Waals surface area contributed by atoms with Gasteiger partial charge in [0.25, 0.3) is 0 Å². The zero-order chi connectivity index (χ0) is 8.48. The fraction of sp³-hybridized carbons (Fsp3) is 0.625. The molecule has 3 nitrogen and oxygen atoms in total. The summed E-state index contributed by atoms with van der Waals surface area (Å²) in [4.78, 5) is 10.4. The van der Waals surface area contributed by atoms with Gasteiger partial charge in [0.15, 0.2) is 0 Å². The van der Waals surface area contributed by atoms with Crippen LogP contribution in [-0.2, 0) is 4.79 Å². The van der Waals surface area contributed by atoms with E-state index in [9.17, 15) is 9.90 Å². The van der Waals surface area contributed by atoms with Crippen molar-refractivity contribution in [3.05, 3.63) is 0 Å². The second kappa shape index (κ2) is 2.55. The average molecular weight is 154 g/mol. The molecule has 1 fully saturated rings. The second-order valence-electron chi connectivity index (χ2n) is 2.95. The maximum Gasteiger partial charge on any atom is 0.306 e. The van der Waals surface area contributed by atoms with Crippen molar-refractivity contribution < 1.29 is 15.0 Å². The normalized spacial score (nSPS) is 36.5. The van der Waals surface area contributed by atoms with Gasteiger partial charge in [0.1, 0.15) is 5.60 Å². The molecule has 0 amide bonds. The van der Waals surface area contributed by atoms with Crippen LogP contribution in [0.5, 0.6) is 0 Å². The van der Waals surface area contributed by atoms with Crippen LogP contribution >= 0.6 is 0 Å². The molecule has 0 aliphatic heterocycles. The number of aliphatic hydroxyl groups is 1. The van der Waals surface area contributed by atoms with Crippen molar-refractivity contribution >= 4 is 5.97 Å². The molecule has 0 saturated heterocycles. The lowest BCUT2D eigenvalue weighted by Gasteiger charge is -2.12. The van der Waals surface area contributed by atoms with Crippen LogP contribution in [0.4, 0.5) is 0 Å². The lowest BCUT2D eigenvalue weighted by atomic mass is 10.0. The molecule has 0 radical (unpaired) electrons. The van der Waals surface area contributed by atoms with E-state index < -0.39 is 17.5 Å². The highest BCUT2D eigenvalue weighted by Gasteiger charge is 2.38. The third kappa shape index (κ3) is 1.52. The third-order valence-electron chi connectivity index (χ3n) is 2.11. The molecule has 60 valence electrons. The van der Waals surface area contributed by atoms with E-state index in [1.807, 2.05) is 0 Å². The smallest absolute Gasteiger partial charge is 0.306 e. The number of aliphatic carboxylic acids is 1. The molecule has 1 aliphatic rings. The molecule has 11 heavy (non-hydrogen) atoms. The topological polar surface area (TPSA) is 57.5 Å². The lowest BCUT2D eigenvalue weighted by molar-refractivity contribution is -0.141. The minimum Gasteiger partial charge on any atom is -0.481 e. The van der Waals surface area contributed by atoms with Gasteiger partial charge in [0, 0.05) is 6.42 Å². The van der Waals surface area contributed by atoms with Crippen molar-refractivity contribution in [2.75, 3.05) is 0 Å². The van der Waals surface area contributed by atoms with Crippen molar-refractivity contribution in [3.8, 4) is 12.3 Å². The molecule has 2 N–H and O–H groups in total. The lowest BCUT2D eigenvalue weighted by Crippen LogP contribution is -2.23. The van der Waals surface area contributed by atoms with Crippen LogP contribution in [0.25, 0.3) is 0 Å². The van der Waals surface area contributed by atoms with E-state index in [1.165, 1.54) is 0 Å². The van der Waals surface area contributed by atoms with Crippen LogP contribution in [0.3, 0.4) is 0 Å².